The molecule has 0 unspecified atom stereocenters. The van der Waals surface area contributed by atoms with Crippen LogP contribution in [0.1, 0.15) is 37.4 Å². The molecule has 2 N–H and O–H groups in total. The van der Waals surface area contributed by atoms with Gasteiger partial charge in [-0.3, -0.25) is 9.78 Å². The van der Waals surface area contributed by atoms with Crippen molar-refractivity contribution in [1.29, 1.82) is 0 Å². The molecule has 0 radical (unpaired) electrons. The molecule has 0 spiro atoms. The van der Waals surface area contributed by atoms with Crippen LogP contribution in [0.3, 0.4) is 0 Å². The Morgan fingerprint density at radius 2 is 1.87 bits per heavy atom. The molecule has 1 aromatic carbocycles. The Labute approximate surface area is 176 Å². The number of aromatic nitrogens is 3. The van der Waals surface area contributed by atoms with Crippen molar-refractivity contribution in [1.82, 2.24) is 19.3 Å². The van der Waals surface area contributed by atoms with Crippen molar-refractivity contribution in [3.63, 3.8) is 0 Å². The van der Waals surface area contributed by atoms with Gasteiger partial charge in [0.25, 0.3) is 0 Å². The van der Waals surface area contributed by atoms with Crippen LogP contribution in [-0.4, -0.2) is 51.8 Å². The Balaban J connectivity index is 1.84. The van der Waals surface area contributed by atoms with Gasteiger partial charge >= 0.3 is 5.97 Å². The number of aliphatic carboxylic acids is 1. The second-order valence-corrected chi connectivity index (χ2v) is 9.80. The number of sulfonamides is 1. The summed E-state index contributed by atoms with van der Waals surface area (Å²) in [6.07, 6.45) is 2.45. The van der Waals surface area contributed by atoms with E-state index in [1.54, 1.807) is 18.3 Å². The summed E-state index contributed by atoms with van der Waals surface area (Å²) in [5.41, 5.74) is 3.38. The quantitative estimate of drug-likeness (QED) is 0.567. The summed E-state index contributed by atoms with van der Waals surface area (Å²) in [6, 6.07) is 7.20. The molecular formula is C21H26N4O4S. The summed E-state index contributed by atoms with van der Waals surface area (Å²) < 4.78 is 26.8. The Hall–Kier alpha value is -2.78. The smallest absolute Gasteiger partial charge is 0.322 e. The maximum atomic E-state index is 12.9. The summed E-state index contributed by atoms with van der Waals surface area (Å²) in [7, 11) is -2.62. The predicted molar refractivity (Wildman–Crippen MR) is 114 cm³/mol. The standard InChI is InChI=1S/C21H26N4O4S/c1-13(2)11-19(21(26)27)25(4)30(28,29)16-7-5-15(6-8-16)12-18-20-17(9-10-22-18)23-14(3)24-20/h5-10,13,19H,11-12H2,1-4H3,(H,23,24)(H,26,27)/t19-/m1/s1. The second kappa shape index (κ2) is 8.53. The lowest BCUT2D eigenvalue weighted by molar-refractivity contribution is -0.141. The fraction of sp³-hybridized carbons (Fsp3) is 0.381. The fourth-order valence-electron chi connectivity index (χ4n) is 3.40. The monoisotopic (exact) mass is 430 g/mol. The van der Waals surface area contributed by atoms with Gasteiger partial charge in [-0.05, 0) is 43.0 Å². The molecule has 0 saturated heterocycles. The van der Waals surface area contributed by atoms with E-state index in [9.17, 15) is 18.3 Å². The van der Waals surface area contributed by atoms with E-state index in [1.807, 2.05) is 26.8 Å². The number of H-pyrrole nitrogens is 1. The number of nitrogens with zero attached hydrogens (tertiary/aromatic N) is 3. The number of carboxylic acids is 1. The van der Waals surface area contributed by atoms with Gasteiger partial charge in [0, 0.05) is 19.7 Å². The number of fused-ring (bicyclic) bond motifs is 1. The molecule has 0 saturated carbocycles. The number of rotatable bonds is 8. The first-order chi connectivity index (χ1) is 14.1. The third-order valence-electron chi connectivity index (χ3n) is 4.99. The van der Waals surface area contributed by atoms with Crippen molar-refractivity contribution < 1.29 is 18.3 Å². The van der Waals surface area contributed by atoms with E-state index in [1.165, 1.54) is 19.2 Å². The van der Waals surface area contributed by atoms with Gasteiger partial charge in [0.05, 0.1) is 16.1 Å². The second-order valence-electron chi connectivity index (χ2n) is 7.80. The van der Waals surface area contributed by atoms with E-state index in [4.69, 9.17) is 0 Å². The first kappa shape index (κ1) is 21.9. The summed E-state index contributed by atoms with van der Waals surface area (Å²) in [4.78, 5) is 23.7. The molecule has 0 bridgehead atoms. The summed E-state index contributed by atoms with van der Waals surface area (Å²) in [6.45, 7) is 5.60. The van der Waals surface area contributed by atoms with E-state index < -0.39 is 22.0 Å². The zero-order chi connectivity index (χ0) is 22.1. The number of imidazole rings is 1. The molecule has 0 aliphatic heterocycles. The van der Waals surface area contributed by atoms with E-state index in [-0.39, 0.29) is 17.2 Å². The summed E-state index contributed by atoms with van der Waals surface area (Å²) >= 11 is 0. The van der Waals surface area contributed by atoms with Gasteiger partial charge in [0.1, 0.15) is 17.4 Å². The first-order valence-corrected chi connectivity index (χ1v) is 11.1. The lowest BCUT2D eigenvalue weighted by Crippen LogP contribution is -2.43. The number of likely N-dealkylation sites (N-methyl/N-ethyl adjacent to an activating group) is 1. The summed E-state index contributed by atoms with van der Waals surface area (Å²) in [5, 5.41) is 9.48. The average molecular weight is 431 g/mol. The third-order valence-corrected chi connectivity index (χ3v) is 6.87. The molecule has 2 heterocycles. The first-order valence-electron chi connectivity index (χ1n) is 9.69. The number of benzene rings is 1. The highest BCUT2D eigenvalue weighted by Crippen LogP contribution is 2.23. The van der Waals surface area contributed by atoms with E-state index >= 15 is 0 Å². The largest absolute Gasteiger partial charge is 0.480 e. The molecule has 30 heavy (non-hydrogen) atoms. The normalized spacial score (nSPS) is 13.3. The zero-order valence-electron chi connectivity index (χ0n) is 17.5. The molecule has 160 valence electrons. The van der Waals surface area contributed by atoms with Crippen LogP contribution in [0.4, 0.5) is 0 Å². The van der Waals surface area contributed by atoms with Crippen molar-refractivity contribution in [2.75, 3.05) is 7.05 Å². The number of carboxylic acid groups (broad SMARTS) is 1. The van der Waals surface area contributed by atoms with Gasteiger partial charge in [-0.2, -0.15) is 4.31 Å². The fourth-order valence-corrected chi connectivity index (χ4v) is 4.72. The maximum Gasteiger partial charge on any atom is 0.322 e. The van der Waals surface area contributed by atoms with Gasteiger partial charge < -0.3 is 10.1 Å². The Morgan fingerprint density at radius 1 is 1.20 bits per heavy atom. The van der Waals surface area contributed by atoms with Gasteiger partial charge in [-0.1, -0.05) is 26.0 Å². The number of aryl methyl sites for hydroxylation is 1. The molecular weight excluding hydrogens is 404 g/mol. The van der Waals surface area contributed by atoms with Crippen LogP contribution in [0.25, 0.3) is 11.0 Å². The highest BCUT2D eigenvalue weighted by molar-refractivity contribution is 7.89. The van der Waals surface area contributed by atoms with Gasteiger partial charge in [-0.15, -0.1) is 0 Å². The van der Waals surface area contributed by atoms with Crippen LogP contribution in [-0.2, 0) is 21.2 Å². The molecule has 8 nitrogen and oxygen atoms in total. The lowest BCUT2D eigenvalue weighted by atomic mass is 10.0. The van der Waals surface area contributed by atoms with Crippen molar-refractivity contribution in [3.05, 3.63) is 53.6 Å². The molecule has 1 atom stereocenters. The Kier molecular flexibility index (Phi) is 6.23. The van der Waals surface area contributed by atoms with Crippen molar-refractivity contribution >= 4 is 27.0 Å². The lowest BCUT2D eigenvalue weighted by Gasteiger charge is -2.25. The van der Waals surface area contributed by atoms with Crippen LogP contribution in [0.5, 0.6) is 0 Å². The molecule has 0 amide bonds. The van der Waals surface area contributed by atoms with Crippen LogP contribution in [0.2, 0.25) is 0 Å². The summed E-state index contributed by atoms with van der Waals surface area (Å²) in [5.74, 6) is -0.301. The highest BCUT2D eigenvalue weighted by Gasteiger charge is 2.33. The van der Waals surface area contributed by atoms with Crippen molar-refractivity contribution in [2.24, 2.45) is 5.92 Å². The SMILES string of the molecule is Cc1nc2c(Cc3ccc(S(=O)(=O)N(C)[C@H](CC(C)C)C(=O)O)cc3)nccc2[nH]1. The minimum Gasteiger partial charge on any atom is -0.480 e. The molecule has 3 aromatic rings. The molecule has 3 rings (SSSR count). The third kappa shape index (κ3) is 4.52. The molecule has 0 aliphatic rings. The van der Waals surface area contributed by atoms with E-state index in [0.29, 0.717) is 6.42 Å². The number of nitrogens with one attached hydrogen (secondary N) is 1. The zero-order valence-corrected chi connectivity index (χ0v) is 18.3. The van der Waals surface area contributed by atoms with E-state index in [0.717, 1.165) is 32.4 Å². The number of aromatic amines is 1. The van der Waals surface area contributed by atoms with Crippen molar-refractivity contribution in [3.8, 4) is 0 Å². The van der Waals surface area contributed by atoms with Crippen LogP contribution >= 0.6 is 0 Å². The van der Waals surface area contributed by atoms with Crippen LogP contribution in [0.15, 0.2) is 41.4 Å². The predicted octanol–water partition coefficient (Wildman–Crippen LogP) is 2.98. The topological polar surface area (TPSA) is 116 Å². The maximum absolute atomic E-state index is 12.9. The Bertz CT molecular complexity index is 1150. The molecule has 0 aliphatic carbocycles. The van der Waals surface area contributed by atoms with Crippen molar-refractivity contribution in [2.45, 2.75) is 44.6 Å². The van der Waals surface area contributed by atoms with Gasteiger partial charge in [0.15, 0.2) is 0 Å². The van der Waals surface area contributed by atoms with E-state index in [2.05, 4.69) is 15.0 Å². The van der Waals surface area contributed by atoms with Gasteiger partial charge in [0.2, 0.25) is 10.0 Å². The van der Waals surface area contributed by atoms with Gasteiger partial charge in [-0.25, -0.2) is 13.4 Å². The van der Waals surface area contributed by atoms with Crippen LogP contribution in [0, 0.1) is 12.8 Å². The molecule has 2 aromatic heterocycles. The number of hydrogen-bond acceptors (Lipinski definition) is 5. The minimum atomic E-state index is -3.93. The molecule has 9 heteroatoms. The number of carbonyl (C=O) groups is 1. The Morgan fingerprint density at radius 3 is 2.47 bits per heavy atom. The number of pyridine rings is 1. The van der Waals surface area contributed by atoms with Crippen LogP contribution < -0.4 is 0 Å². The molecule has 0 fully saturated rings. The number of hydrogen-bond donors (Lipinski definition) is 2. The minimum absolute atomic E-state index is 0.0482. The highest BCUT2D eigenvalue weighted by atomic mass is 32.2. The average Bonchev–Trinajstić information content (AvgIpc) is 3.07.